The van der Waals surface area contributed by atoms with Crippen LogP contribution in [0.2, 0.25) is 5.02 Å². The zero-order chi connectivity index (χ0) is 13.8. The highest BCUT2D eigenvalue weighted by molar-refractivity contribution is 6.31. The molecule has 0 spiro atoms. The van der Waals surface area contributed by atoms with Crippen LogP contribution in [0.15, 0.2) is 36.7 Å². The van der Waals surface area contributed by atoms with Crippen molar-refractivity contribution in [1.29, 1.82) is 0 Å². The Morgan fingerprint density at radius 3 is 2.84 bits per heavy atom. The Morgan fingerprint density at radius 2 is 2.21 bits per heavy atom. The normalized spacial score (nSPS) is 12.2. The first-order valence-electron chi connectivity index (χ1n) is 5.84. The van der Waals surface area contributed by atoms with E-state index in [-0.39, 0.29) is 18.4 Å². The summed E-state index contributed by atoms with van der Waals surface area (Å²) in [7, 11) is 0. The maximum Gasteiger partial charge on any atom is 0.165 e. The SMILES string of the molecule is CC(N)c1ccc(OCc2ccncc2Cl)c(F)c1. The smallest absolute Gasteiger partial charge is 0.165 e. The van der Waals surface area contributed by atoms with Gasteiger partial charge in [0.15, 0.2) is 11.6 Å². The van der Waals surface area contributed by atoms with Crippen molar-refractivity contribution in [2.75, 3.05) is 0 Å². The number of benzene rings is 1. The van der Waals surface area contributed by atoms with Gasteiger partial charge in [-0.25, -0.2) is 4.39 Å². The van der Waals surface area contributed by atoms with Crippen LogP contribution in [0.25, 0.3) is 0 Å². The monoisotopic (exact) mass is 280 g/mol. The van der Waals surface area contributed by atoms with E-state index >= 15 is 0 Å². The lowest BCUT2D eigenvalue weighted by Gasteiger charge is -2.11. The summed E-state index contributed by atoms with van der Waals surface area (Å²) in [6.07, 6.45) is 3.13. The van der Waals surface area contributed by atoms with E-state index in [4.69, 9.17) is 22.1 Å². The number of pyridine rings is 1. The Bertz CT molecular complexity index is 575. The summed E-state index contributed by atoms with van der Waals surface area (Å²) in [6.45, 7) is 1.99. The Hall–Kier alpha value is -1.65. The topological polar surface area (TPSA) is 48.1 Å². The second-order valence-corrected chi connectivity index (χ2v) is 4.64. The van der Waals surface area contributed by atoms with Crippen molar-refractivity contribution in [3.8, 4) is 5.75 Å². The standard InChI is InChI=1S/C14H14ClFN2O/c1-9(17)10-2-3-14(13(16)6-10)19-8-11-4-5-18-7-12(11)15/h2-7,9H,8,17H2,1H3. The lowest BCUT2D eigenvalue weighted by atomic mass is 10.1. The molecule has 2 rings (SSSR count). The fourth-order valence-electron chi connectivity index (χ4n) is 1.59. The molecule has 0 fully saturated rings. The maximum atomic E-state index is 13.8. The zero-order valence-electron chi connectivity index (χ0n) is 10.4. The van der Waals surface area contributed by atoms with Crippen molar-refractivity contribution in [2.45, 2.75) is 19.6 Å². The molecule has 1 heterocycles. The molecule has 0 amide bonds. The van der Waals surface area contributed by atoms with Gasteiger partial charge in [-0.05, 0) is 30.7 Å². The highest BCUT2D eigenvalue weighted by Crippen LogP contribution is 2.23. The number of halogens is 2. The van der Waals surface area contributed by atoms with Crippen LogP contribution < -0.4 is 10.5 Å². The van der Waals surface area contributed by atoms with Crippen LogP contribution in [0, 0.1) is 5.82 Å². The van der Waals surface area contributed by atoms with Gasteiger partial charge in [0, 0.05) is 24.0 Å². The van der Waals surface area contributed by atoms with Crippen molar-refractivity contribution in [3.63, 3.8) is 0 Å². The second kappa shape index (κ2) is 5.99. The molecule has 5 heteroatoms. The first-order chi connectivity index (χ1) is 9.08. The third-order valence-electron chi connectivity index (χ3n) is 2.72. The van der Waals surface area contributed by atoms with Gasteiger partial charge in [0.25, 0.3) is 0 Å². The minimum absolute atomic E-state index is 0.178. The van der Waals surface area contributed by atoms with Gasteiger partial charge in [0.1, 0.15) is 6.61 Å². The fraction of sp³-hybridized carbons (Fsp3) is 0.214. The van der Waals surface area contributed by atoms with Gasteiger partial charge in [0.05, 0.1) is 5.02 Å². The summed E-state index contributed by atoms with van der Waals surface area (Å²) in [4.78, 5) is 3.87. The number of hydrogen-bond acceptors (Lipinski definition) is 3. The number of nitrogens with two attached hydrogens (primary N) is 1. The molecule has 0 aliphatic rings. The molecule has 1 aromatic heterocycles. The third kappa shape index (κ3) is 3.43. The van der Waals surface area contributed by atoms with Crippen LogP contribution in [0.4, 0.5) is 4.39 Å². The third-order valence-corrected chi connectivity index (χ3v) is 3.06. The van der Waals surface area contributed by atoms with Gasteiger partial charge in [-0.15, -0.1) is 0 Å². The van der Waals surface area contributed by atoms with E-state index in [0.29, 0.717) is 5.02 Å². The quantitative estimate of drug-likeness (QED) is 0.933. The van der Waals surface area contributed by atoms with Crippen LogP contribution in [-0.2, 0) is 6.61 Å². The van der Waals surface area contributed by atoms with Crippen molar-refractivity contribution in [2.24, 2.45) is 5.73 Å². The summed E-state index contributed by atoms with van der Waals surface area (Å²) in [5.41, 5.74) is 7.17. The Morgan fingerprint density at radius 1 is 1.42 bits per heavy atom. The summed E-state index contributed by atoms with van der Waals surface area (Å²) in [5.74, 6) is -0.253. The summed E-state index contributed by atoms with van der Waals surface area (Å²) >= 11 is 5.94. The van der Waals surface area contributed by atoms with E-state index in [2.05, 4.69) is 4.98 Å². The Kier molecular flexibility index (Phi) is 4.35. The largest absolute Gasteiger partial charge is 0.486 e. The highest BCUT2D eigenvalue weighted by atomic mass is 35.5. The molecular weight excluding hydrogens is 267 g/mol. The minimum atomic E-state index is -0.431. The molecule has 0 radical (unpaired) electrons. The predicted octanol–water partition coefficient (Wildman–Crippen LogP) is 3.47. The van der Waals surface area contributed by atoms with Crippen LogP contribution >= 0.6 is 11.6 Å². The molecule has 100 valence electrons. The van der Waals surface area contributed by atoms with Crippen LogP contribution in [0.1, 0.15) is 24.1 Å². The highest BCUT2D eigenvalue weighted by Gasteiger charge is 2.08. The summed E-state index contributed by atoms with van der Waals surface area (Å²) < 4.78 is 19.2. The molecular formula is C14H14ClFN2O. The molecule has 3 nitrogen and oxygen atoms in total. The van der Waals surface area contributed by atoms with E-state index in [1.807, 2.05) is 0 Å². The number of rotatable bonds is 4. The van der Waals surface area contributed by atoms with Crippen LogP contribution in [0.3, 0.4) is 0 Å². The summed E-state index contributed by atoms with van der Waals surface area (Å²) in [6, 6.07) is 6.23. The molecule has 0 saturated heterocycles. The van der Waals surface area contributed by atoms with E-state index in [1.165, 1.54) is 12.3 Å². The van der Waals surface area contributed by atoms with Crippen molar-refractivity contribution in [1.82, 2.24) is 4.98 Å². The van der Waals surface area contributed by atoms with Gasteiger partial charge in [-0.2, -0.15) is 0 Å². The van der Waals surface area contributed by atoms with E-state index < -0.39 is 5.82 Å². The fourth-order valence-corrected chi connectivity index (χ4v) is 1.77. The van der Waals surface area contributed by atoms with Crippen LogP contribution in [-0.4, -0.2) is 4.98 Å². The molecule has 1 atom stereocenters. The number of aromatic nitrogens is 1. The Balaban J connectivity index is 2.10. The second-order valence-electron chi connectivity index (χ2n) is 4.23. The maximum absolute atomic E-state index is 13.8. The molecule has 0 aliphatic carbocycles. The predicted molar refractivity (Wildman–Crippen MR) is 72.6 cm³/mol. The molecule has 1 unspecified atom stereocenters. The Labute approximate surface area is 116 Å². The van der Waals surface area contributed by atoms with Gasteiger partial charge >= 0.3 is 0 Å². The number of nitrogens with zero attached hydrogens (tertiary/aromatic N) is 1. The zero-order valence-corrected chi connectivity index (χ0v) is 11.2. The molecule has 2 N–H and O–H groups in total. The van der Waals surface area contributed by atoms with Gasteiger partial charge in [-0.3, -0.25) is 4.98 Å². The summed E-state index contributed by atoms with van der Waals surface area (Å²) in [5, 5.41) is 0.495. The number of ether oxygens (including phenoxy) is 1. The van der Waals surface area contributed by atoms with E-state index in [9.17, 15) is 4.39 Å². The average molecular weight is 281 g/mol. The van der Waals surface area contributed by atoms with Gasteiger partial charge in [-0.1, -0.05) is 17.7 Å². The first-order valence-corrected chi connectivity index (χ1v) is 6.22. The first kappa shape index (κ1) is 13.8. The molecule has 2 aromatic rings. The average Bonchev–Trinajstić information content (AvgIpc) is 2.39. The molecule has 19 heavy (non-hydrogen) atoms. The van der Waals surface area contributed by atoms with Gasteiger partial charge < -0.3 is 10.5 Å². The van der Waals surface area contributed by atoms with Crippen molar-refractivity contribution >= 4 is 11.6 Å². The molecule has 0 bridgehead atoms. The molecule has 1 aromatic carbocycles. The van der Waals surface area contributed by atoms with Gasteiger partial charge in [0.2, 0.25) is 0 Å². The lowest BCUT2D eigenvalue weighted by Crippen LogP contribution is -2.06. The molecule has 0 saturated carbocycles. The molecule has 0 aliphatic heterocycles. The number of hydrogen-bond donors (Lipinski definition) is 1. The van der Waals surface area contributed by atoms with E-state index in [0.717, 1.165) is 11.1 Å². The van der Waals surface area contributed by atoms with Crippen molar-refractivity contribution in [3.05, 3.63) is 58.6 Å². The lowest BCUT2D eigenvalue weighted by molar-refractivity contribution is 0.290. The minimum Gasteiger partial charge on any atom is -0.486 e. The van der Waals surface area contributed by atoms with Crippen LogP contribution in [0.5, 0.6) is 5.75 Å². The van der Waals surface area contributed by atoms with E-state index in [1.54, 1.807) is 31.3 Å². The van der Waals surface area contributed by atoms with Crippen molar-refractivity contribution < 1.29 is 9.13 Å².